The summed E-state index contributed by atoms with van der Waals surface area (Å²) in [6.07, 6.45) is 0.212. The topological polar surface area (TPSA) is 56.1 Å². The molecule has 0 aliphatic carbocycles. The molecule has 1 aliphatic rings. The number of amides is 1. The van der Waals surface area contributed by atoms with Crippen LogP contribution in [0.3, 0.4) is 0 Å². The van der Waals surface area contributed by atoms with Crippen LogP contribution in [-0.2, 0) is 4.79 Å². The van der Waals surface area contributed by atoms with Crippen LogP contribution in [0.15, 0.2) is 18.2 Å². The summed E-state index contributed by atoms with van der Waals surface area (Å²) in [5, 5.41) is 11.8. The fourth-order valence-corrected chi connectivity index (χ4v) is 2.68. The largest absolute Gasteiger partial charge is 0.354 e. The number of nitriles is 1. The van der Waals surface area contributed by atoms with Gasteiger partial charge in [-0.3, -0.25) is 4.79 Å². The molecule has 1 fully saturated rings. The smallest absolute Gasteiger partial charge is 0.243 e. The van der Waals surface area contributed by atoms with E-state index < -0.39 is 6.04 Å². The van der Waals surface area contributed by atoms with Crippen LogP contribution in [-0.4, -0.2) is 24.5 Å². The number of nitrogens with one attached hydrogen (secondary N) is 1. The third-order valence-electron chi connectivity index (χ3n) is 3.60. The molecule has 4 heteroatoms. The van der Waals surface area contributed by atoms with Gasteiger partial charge in [0.1, 0.15) is 6.04 Å². The summed E-state index contributed by atoms with van der Waals surface area (Å²) in [7, 11) is 0. The molecule has 4 nitrogen and oxygen atoms in total. The minimum atomic E-state index is -0.393. The summed E-state index contributed by atoms with van der Waals surface area (Å²) >= 11 is 0. The Labute approximate surface area is 114 Å². The van der Waals surface area contributed by atoms with Crippen LogP contribution in [0.25, 0.3) is 0 Å². The van der Waals surface area contributed by atoms with Crippen molar-refractivity contribution in [3.63, 3.8) is 0 Å². The molecule has 0 saturated carbocycles. The molecule has 100 valence electrons. The summed E-state index contributed by atoms with van der Waals surface area (Å²) in [6, 6.07) is 8.12. The van der Waals surface area contributed by atoms with Gasteiger partial charge in [-0.1, -0.05) is 17.7 Å². The number of carbonyl (C=O) groups is 1. The van der Waals surface area contributed by atoms with Crippen molar-refractivity contribution >= 4 is 11.6 Å². The van der Waals surface area contributed by atoms with Crippen LogP contribution in [0, 0.1) is 25.2 Å². The fraction of sp³-hybridized carbons (Fsp3) is 0.467. The van der Waals surface area contributed by atoms with E-state index in [0.29, 0.717) is 6.54 Å². The number of benzene rings is 1. The molecule has 2 rings (SSSR count). The second-order valence-corrected chi connectivity index (χ2v) is 5.17. The summed E-state index contributed by atoms with van der Waals surface area (Å²) in [4.78, 5) is 14.1. The Balaban J connectivity index is 2.42. The lowest BCUT2D eigenvalue weighted by Crippen LogP contribution is -2.60. The first-order valence-corrected chi connectivity index (χ1v) is 6.55. The summed E-state index contributed by atoms with van der Waals surface area (Å²) < 4.78 is 0. The van der Waals surface area contributed by atoms with Gasteiger partial charge >= 0.3 is 0 Å². The highest BCUT2D eigenvalue weighted by molar-refractivity contribution is 5.87. The maximum absolute atomic E-state index is 12.0. The van der Waals surface area contributed by atoms with E-state index >= 15 is 0 Å². The zero-order valence-electron chi connectivity index (χ0n) is 11.6. The van der Waals surface area contributed by atoms with Gasteiger partial charge in [-0.2, -0.15) is 5.26 Å². The molecule has 0 aromatic heterocycles. The van der Waals surface area contributed by atoms with Gasteiger partial charge in [0.25, 0.3) is 0 Å². The summed E-state index contributed by atoms with van der Waals surface area (Å²) in [5.74, 6) is -0.0559. The standard InChI is InChI=1S/C15H19N3O/c1-10-4-5-13(11(2)8-10)18-12(3)9-17-15(19)14(18)6-7-16/h4-5,8,12,14H,6,9H2,1-3H3,(H,17,19). The van der Waals surface area contributed by atoms with Crippen molar-refractivity contribution < 1.29 is 4.79 Å². The van der Waals surface area contributed by atoms with Gasteiger partial charge in [-0.25, -0.2) is 0 Å². The van der Waals surface area contributed by atoms with E-state index in [4.69, 9.17) is 5.26 Å². The van der Waals surface area contributed by atoms with Gasteiger partial charge in [-0.05, 0) is 32.4 Å². The first-order valence-electron chi connectivity index (χ1n) is 6.55. The third kappa shape index (κ3) is 2.55. The first kappa shape index (κ1) is 13.4. The van der Waals surface area contributed by atoms with Gasteiger partial charge in [0.2, 0.25) is 5.91 Å². The summed E-state index contributed by atoms with van der Waals surface area (Å²) in [5.41, 5.74) is 3.39. The number of nitrogens with zero attached hydrogens (tertiary/aromatic N) is 2. The van der Waals surface area contributed by atoms with Gasteiger partial charge in [0.15, 0.2) is 0 Å². The number of piperazine rings is 1. The summed E-state index contributed by atoms with van der Waals surface area (Å²) in [6.45, 7) is 6.79. The molecule has 1 aliphatic heterocycles. The molecular formula is C15H19N3O. The SMILES string of the molecule is Cc1ccc(N2C(C)CNC(=O)C2CC#N)c(C)c1. The highest BCUT2D eigenvalue weighted by Gasteiger charge is 2.34. The lowest BCUT2D eigenvalue weighted by Gasteiger charge is -2.41. The van der Waals surface area contributed by atoms with Crippen molar-refractivity contribution in [3.05, 3.63) is 29.3 Å². The van der Waals surface area contributed by atoms with E-state index in [9.17, 15) is 4.79 Å². The van der Waals surface area contributed by atoms with Gasteiger partial charge in [-0.15, -0.1) is 0 Å². The Bertz CT molecular complexity index is 533. The van der Waals surface area contributed by atoms with E-state index in [2.05, 4.69) is 36.2 Å². The van der Waals surface area contributed by atoms with E-state index in [1.165, 1.54) is 5.56 Å². The van der Waals surface area contributed by atoms with Gasteiger partial charge in [0, 0.05) is 18.3 Å². The van der Waals surface area contributed by atoms with Crippen LogP contribution >= 0.6 is 0 Å². The molecule has 1 N–H and O–H groups in total. The molecule has 2 atom stereocenters. The second kappa shape index (κ2) is 5.31. The van der Waals surface area contributed by atoms with E-state index in [0.717, 1.165) is 11.3 Å². The third-order valence-corrected chi connectivity index (χ3v) is 3.60. The van der Waals surface area contributed by atoms with Gasteiger partial charge in [0.05, 0.1) is 12.5 Å². The minimum absolute atomic E-state index is 0.0559. The van der Waals surface area contributed by atoms with Crippen LogP contribution in [0.5, 0.6) is 0 Å². The molecule has 0 bridgehead atoms. The number of rotatable bonds is 2. The Morgan fingerprint density at radius 1 is 1.47 bits per heavy atom. The number of aryl methyl sites for hydroxylation is 2. The second-order valence-electron chi connectivity index (χ2n) is 5.17. The van der Waals surface area contributed by atoms with Crippen molar-refractivity contribution in [1.29, 1.82) is 5.26 Å². The molecule has 2 unspecified atom stereocenters. The van der Waals surface area contributed by atoms with E-state index in [1.807, 2.05) is 19.1 Å². The number of hydrogen-bond acceptors (Lipinski definition) is 3. The zero-order chi connectivity index (χ0) is 14.0. The monoisotopic (exact) mass is 257 g/mol. The Morgan fingerprint density at radius 3 is 2.84 bits per heavy atom. The van der Waals surface area contributed by atoms with E-state index in [1.54, 1.807) is 0 Å². The molecular weight excluding hydrogens is 238 g/mol. The van der Waals surface area contributed by atoms with E-state index in [-0.39, 0.29) is 18.4 Å². The lowest BCUT2D eigenvalue weighted by atomic mass is 10.0. The van der Waals surface area contributed by atoms with Crippen LogP contribution in [0.2, 0.25) is 0 Å². The molecule has 1 aromatic carbocycles. The number of carbonyl (C=O) groups excluding carboxylic acids is 1. The van der Waals surface area contributed by atoms with Crippen molar-refractivity contribution in [3.8, 4) is 6.07 Å². The molecule has 1 heterocycles. The van der Waals surface area contributed by atoms with Crippen LogP contribution in [0.1, 0.15) is 24.5 Å². The maximum Gasteiger partial charge on any atom is 0.243 e. The zero-order valence-corrected chi connectivity index (χ0v) is 11.6. The maximum atomic E-state index is 12.0. The molecule has 19 heavy (non-hydrogen) atoms. The van der Waals surface area contributed by atoms with Crippen molar-refractivity contribution in [2.75, 3.05) is 11.4 Å². The van der Waals surface area contributed by atoms with Gasteiger partial charge < -0.3 is 10.2 Å². The Kier molecular flexibility index (Phi) is 3.75. The van der Waals surface area contributed by atoms with Crippen LogP contribution in [0.4, 0.5) is 5.69 Å². The molecule has 1 saturated heterocycles. The van der Waals surface area contributed by atoms with Crippen molar-refractivity contribution in [2.24, 2.45) is 0 Å². The number of anilines is 1. The molecule has 1 amide bonds. The van der Waals surface area contributed by atoms with Crippen molar-refractivity contribution in [2.45, 2.75) is 39.3 Å². The Morgan fingerprint density at radius 2 is 2.21 bits per heavy atom. The normalized spacial score (nSPS) is 22.8. The Hall–Kier alpha value is -2.02. The average Bonchev–Trinajstić information content (AvgIpc) is 2.36. The molecule has 0 radical (unpaired) electrons. The minimum Gasteiger partial charge on any atom is -0.354 e. The van der Waals surface area contributed by atoms with Crippen molar-refractivity contribution in [1.82, 2.24) is 5.32 Å². The molecule has 1 aromatic rings. The number of hydrogen-bond donors (Lipinski definition) is 1. The predicted molar refractivity (Wildman–Crippen MR) is 74.9 cm³/mol. The highest BCUT2D eigenvalue weighted by Crippen LogP contribution is 2.28. The molecule has 0 spiro atoms. The average molecular weight is 257 g/mol. The predicted octanol–water partition coefficient (Wildman–Crippen LogP) is 1.91. The first-order chi connectivity index (χ1) is 9.04. The van der Waals surface area contributed by atoms with Crippen LogP contribution < -0.4 is 10.2 Å². The lowest BCUT2D eigenvalue weighted by molar-refractivity contribution is -0.123. The quantitative estimate of drug-likeness (QED) is 0.880. The fourth-order valence-electron chi connectivity index (χ4n) is 2.68. The highest BCUT2D eigenvalue weighted by atomic mass is 16.2.